The minimum atomic E-state index is -0.0312. The van der Waals surface area contributed by atoms with Crippen LogP contribution < -0.4 is 19.5 Å². The molecule has 6 heteroatoms. The molecule has 0 saturated heterocycles. The van der Waals surface area contributed by atoms with E-state index in [1.807, 2.05) is 42.6 Å². The van der Waals surface area contributed by atoms with Crippen LogP contribution in [0.1, 0.15) is 5.56 Å². The molecule has 0 fully saturated rings. The minimum Gasteiger partial charge on any atom is -0.496 e. The zero-order valence-electron chi connectivity index (χ0n) is 15.8. The van der Waals surface area contributed by atoms with Gasteiger partial charge in [-0.15, -0.1) is 0 Å². The first-order valence-electron chi connectivity index (χ1n) is 8.75. The van der Waals surface area contributed by atoms with Gasteiger partial charge in [-0.1, -0.05) is 12.1 Å². The standard InChI is InChI=1S/C21H24N2O4/c1-25-18-6-4-5-17-16(18)9-11-23(17)12-10-22-21(24)14-15-7-8-19(26-2)20(13-15)27-3/h4-9,11,13H,10,12,14H2,1-3H3,(H,22,24). The summed E-state index contributed by atoms with van der Waals surface area (Å²) in [6.45, 7) is 1.24. The summed E-state index contributed by atoms with van der Waals surface area (Å²) in [7, 11) is 4.84. The lowest BCUT2D eigenvalue weighted by Gasteiger charge is -2.11. The van der Waals surface area contributed by atoms with Gasteiger partial charge in [-0.2, -0.15) is 0 Å². The summed E-state index contributed by atoms with van der Waals surface area (Å²) in [5, 5.41) is 4.03. The summed E-state index contributed by atoms with van der Waals surface area (Å²) >= 11 is 0. The van der Waals surface area contributed by atoms with E-state index in [0.717, 1.165) is 22.2 Å². The molecule has 1 aromatic heterocycles. The number of ether oxygens (including phenoxy) is 3. The number of rotatable bonds is 8. The molecule has 3 aromatic rings. The molecule has 6 nitrogen and oxygen atoms in total. The first-order valence-corrected chi connectivity index (χ1v) is 8.75. The van der Waals surface area contributed by atoms with Crippen LogP contribution in [0.25, 0.3) is 10.9 Å². The molecule has 27 heavy (non-hydrogen) atoms. The Balaban J connectivity index is 1.57. The summed E-state index contributed by atoms with van der Waals surface area (Å²) in [6, 6.07) is 13.5. The Morgan fingerprint density at radius 1 is 0.963 bits per heavy atom. The first-order chi connectivity index (χ1) is 13.2. The summed E-state index contributed by atoms with van der Waals surface area (Å²) in [5.74, 6) is 2.09. The van der Waals surface area contributed by atoms with E-state index in [-0.39, 0.29) is 5.91 Å². The molecule has 0 atom stereocenters. The first kappa shape index (κ1) is 18.6. The van der Waals surface area contributed by atoms with Crippen molar-refractivity contribution in [2.45, 2.75) is 13.0 Å². The molecule has 0 aliphatic heterocycles. The average molecular weight is 368 g/mol. The summed E-state index contributed by atoms with van der Waals surface area (Å²) in [5.41, 5.74) is 1.96. The fourth-order valence-corrected chi connectivity index (χ4v) is 3.12. The smallest absolute Gasteiger partial charge is 0.224 e. The maximum atomic E-state index is 12.2. The Hall–Kier alpha value is -3.15. The largest absolute Gasteiger partial charge is 0.496 e. The molecule has 142 valence electrons. The molecule has 0 aliphatic rings. The van der Waals surface area contributed by atoms with E-state index in [9.17, 15) is 4.79 Å². The lowest BCUT2D eigenvalue weighted by Crippen LogP contribution is -2.28. The van der Waals surface area contributed by atoms with Crippen LogP contribution in [0.15, 0.2) is 48.7 Å². The maximum Gasteiger partial charge on any atom is 0.224 e. The second-order valence-electron chi connectivity index (χ2n) is 6.12. The molecule has 0 saturated carbocycles. The molecule has 1 N–H and O–H groups in total. The number of carbonyl (C=O) groups excluding carboxylic acids is 1. The summed E-state index contributed by atoms with van der Waals surface area (Å²) < 4.78 is 18.0. The SMILES string of the molecule is COc1ccc(CC(=O)NCCn2ccc3c(OC)cccc32)cc1OC. The van der Waals surface area contributed by atoms with Gasteiger partial charge in [-0.25, -0.2) is 0 Å². The van der Waals surface area contributed by atoms with E-state index in [2.05, 4.69) is 9.88 Å². The van der Waals surface area contributed by atoms with Gasteiger partial charge >= 0.3 is 0 Å². The third kappa shape index (κ3) is 4.16. The molecule has 3 rings (SSSR count). The van der Waals surface area contributed by atoms with Crippen molar-refractivity contribution in [3.05, 3.63) is 54.2 Å². The molecular formula is C21H24N2O4. The van der Waals surface area contributed by atoms with Gasteiger partial charge in [0.25, 0.3) is 0 Å². The lowest BCUT2D eigenvalue weighted by atomic mass is 10.1. The van der Waals surface area contributed by atoms with Gasteiger partial charge in [0.1, 0.15) is 5.75 Å². The van der Waals surface area contributed by atoms with Crippen LogP contribution in [0.2, 0.25) is 0 Å². The van der Waals surface area contributed by atoms with E-state index in [1.165, 1.54) is 0 Å². The van der Waals surface area contributed by atoms with E-state index in [4.69, 9.17) is 14.2 Å². The Kier molecular flexibility index (Phi) is 5.86. The van der Waals surface area contributed by atoms with Gasteiger partial charge in [-0.3, -0.25) is 4.79 Å². The molecule has 0 radical (unpaired) electrons. The zero-order valence-corrected chi connectivity index (χ0v) is 15.8. The number of hydrogen-bond acceptors (Lipinski definition) is 4. The summed E-state index contributed by atoms with van der Waals surface area (Å²) in [4.78, 5) is 12.2. The molecule has 0 unspecified atom stereocenters. The minimum absolute atomic E-state index is 0.0312. The monoisotopic (exact) mass is 368 g/mol. The van der Waals surface area contributed by atoms with E-state index >= 15 is 0 Å². The highest BCUT2D eigenvalue weighted by Gasteiger charge is 2.09. The van der Waals surface area contributed by atoms with Crippen LogP contribution in [-0.4, -0.2) is 38.3 Å². The van der Waals surface area contributed by atoms with E-state index < -0.39 is 0 Å². The molecule has 2 aromatic carbocycles. The van der Waals surface area contributed by atoms with Crippen LogP contribution in [0, 0.1) is 0 Å². The Morgan fingerprint density at radius 3 is 2.48 bits per heavy atom. The van der Waals surface area contributed by atoms with Crippen LogP contribution in [0.3, 0.4) is 0 Å². The topological polar surface area (TPSA) is 61.7 Å². The van der Waals surface area contributed by atoms with E-state index in [0.29, 0.717) is 31.0 Å². The van der Waals surface area contributed by atoms with Gasteiger partial charge in [0.05, 0.1) is 33.3 Å². The third-order valence-corrected chi connectivity index (χ3v) is 4.48. The Morgan fingerprint density at radius 2 is 1.74 bits per heavy atom. The summed E-state index contributed by atoms with van der Waals surface area (Å²) in [6.07, 6.45) is 2.30. The van der Waals surface area contributed by atoms with Crippen LogP contribution >= 0.6 is 0 Å². The number of aromatic nitrogens is 1. The zero-order chi connectivity index (χ0) is 19.2. The number of methoxy groups -OCH3 is 3. The number of benzene rings is 2. The van der Waals surface area contributed by atoms with Crippen molar-refractivity contribution >= 4 is 16.8 Å². The number of nitrogens with one attached hydrogen (secondary N) is 1. The van der Waals surface area contributed by atoms with Crippen molar-refractivity contribution in [3.8, 4) is 17.2 Å². The Labute approximate surface area is 158 Å². The van der Waals surface area contributed by atoms with Crippen molar-refractivity contribution in [2.24, 2.45) is 0 Å². The number of hydrogen-bond donors (Lipinski definition) is 1. The number of carbonyl (C=O) groups is 1. The van der Waals surface area contributed by atoms with Crippen LogP contribution in [0.5, 0.6) is 17.2 Å². The second-order valence-corrected chi connectivity index (χ2v) is 6.12. The molecule has 1 heterocycles. The normalized spacial score (nSPS) is 10.6. The van der Waals surface area contributed by atoms with Gasteiger partial charge in [-0.05, 0) is 35.9 Å². The predicted molar refractivity (Wildman–Crippen MR) is 105 cm³/mol. The van der Waals surface area contributed by atoms with Gasteiger partial charge < -0.3 is 24.1 Å². The molecule has 0 bridgehead atoms. The fourth-order valence-electron chi connectivity index (χ4n) is 3.12. The van der Waals surface area contributed by atoms with Crippen molar-refractivity contribution in [3.63, 3.8) is 0 Å². The highest BCUT2D eigenvalue weighted by atomic mass is 16.5. The third-order valence-electron chi connectivity index (χ3n) is 4.48. The number of nitrogens with zero attached hydrogens (tertiary/aromatic N) is 1. The van der Waals surface area contributed by atoms with Crippen molar-refractivity contribution < 1.29 is 19.0 Å². The van der Waals surface area contributed by atoms with Gasteiger partial charge in [0, 0.05) is 24.7 Å². The van der Waals surface area contributed by atoms with Crippen LogP contribution in [0.4, 0.5) is 0 Å². The van der Waals surface area contributed by atoms with Gasteiger partial charge in [0.15, 0.2) is 11.5 Å². The molecule has 1 amide bonds. The fraction of sp³-hybridized carbons (Fsp3) is 0.286. The highest BCUT2D eigenvalue weighted by Crippen LogP contribution is 2.28. The van der Waals surface area contributed by atoms with E-state index in [1.54, 1.807) is 27.4 Å². The number of fused-ring (bicyclic) bond motifs is 1. The second kappa shape index (κ2) is 8.49. The van der Waals surface area contributed by atoms with Crippen molar-refractivity contribution in [2.75, 3.05) is 27.9 Å². The maximum absolute atomic E-state index is 12.2. The molecular weight excluding hydrogens is 344 g/mol. The molecule has 0 aliphatic carbocycles. The van der Waals surface area contributed by atoms with Crippen molar-refractivity contribution in [1.29, 1.82) is 0 Å². The average Bonchev–Trinajstić information content (AvgIpc) is 3.11. The highest BCUT2D eigenvalue weighted by molar-refractivity contribution is 5.86. The van der Waals surface area contributed by atoms with Crippen LogP contribution in [-0.2, 0) is 17.8 Å². The quantitative estimate of drug-likeness (QED) is 0.664. The van der Waals surface area contributed by atoms with Crippen molar-refractivity contribution in [1.82, 2.24) is 9.88 Å². The van der Waals surface area contributed by atoms with Gasteiger partial charge in [0.2, 0.25) is 5.91 Å². The number of amides is 1. The Bertz CT molecular complexity index is 933. The lowest BCUT2D eigenvalue weighted by molar-refractivity contribution is -0.120. The molecule has 0 spiro atoms. The predicted octanol–water partition coefficient (Wildman–Crippen LogP) is 3.03.